The number of halogens is 4. The van der Waals surface area contributed by atoms with Gasteiger partial charge in [-0.3, -0.25) is 0 Å². The third-order valence-corrected chi connectivity index (χ3v) is 2.62. The van der Waals surface area contributed by atoms with Crippen LogP contribution in [0.1, 0.15) is 25.0 Å². The molecule has 0 unspecified atom stereocenters. The molecule has 88 valence electrons. The van der Waals surface area contributed by atoms with E-state index in [4.69, 9.17) is 11.6 Å². The molecule has 0 spiro atoms. The van der Waals surface area contributed by atoms with Gasteiger partial charge in [-0.15, -0.1) is 0 Å². The van der Waals surface area contributed by atoms with Gasteiger partial charge in [0, 0.05) is 12.1 Å². The second-order valence-corrected chi connectivity index (χ2v) is 4.02. The molecule has 7 heteroatoms. The third kappa shape index (κ3) is 2.55. The number of aromatic nitrogens is 2. The lowest BCUT2D eigenvalue weighted by atomic mass is 9.93. The van der Waals surface area contributed by atoms with Crippen molar-refractivity contribution in [2.45, 2.75) is 31.5 Å². The number of anilines is 1. The van der Waals surface area contributed by atoms with E-state index in [9.17, 15) is 13.2 Å². The molecule has 0 amide bonds. The number of rotatable bonds is 2. The van der Waals surface area contributed by atoms with Crippen LogP contribution in [0.5, 0.6) is 0 Å². The van der Waals surface area contributed by atoms with E-state index in [1.165, 1.54) is 0 Å². The van der Waals surface area contributed by atoms with Crippen LogP contribution in [-0.2, 0) is 6.18 Å². The quantitative estimate of drug-likeness (QED) is 0.821. The van der Waals surface area contributed by atoms with Crippen LogP contribution in [0.15, 0.2) is 6.07 Å². The molecule has 1 heterocycles. The van der Waals surface area contributed by atoms with Crippen molar-refractivity contribution in [2.24, 2.45) is 0 Å². The van der Waals surface area contributed by atoms with Crippen LogP contribution in [-0.4, -0.2) is 16.0 Å². The Morgan fingerprint density at radius 1 is 1.31 bits per heavy atom. The first-order valence-corrected chi connectivity index (χ1v) is 5.21. The maximum atomic E-state index is 12.4. The van der Waals surface area contributed by atoms with Crippen molar-refractivity contribution in [3.8, 4) is 0 Å². The predicted molar refractivity (Wildman–Crippen MR) is 53.3 cm³/mol. The first kappa shape index (κ1) is 11.4. The molecule has 0 bridgehead atoms. The van der Waals surface area contributed by atoms with Crippen molar-refractivity contribution in [1.29, 1.82) is 0 Å². The molecular formula is C9H9ClF3N3. The summed E-state index contributed by atoms with van der Waals surface area (Å²) in [6, 6.07) is 1.08. The zero-order valence-electron chi connectivity index (χ0n) is 8.18. The molecule has 1 aromatic rings. The van der Waals surface area contributed by atoms with Gasteiger partial charge in [-0.2, -0.15) is 13.2 Å². The second kappa shape index (κ2) is 4.08. The highest BCUT2D eigenvalue weighted by Crippen LogP contribution is 2.30. The molecule has 0 radical (unpaired) electrons. The summed E-state index contributed by atoms with van der Waals surface area (Å²) in [4.78, 5) is 6.86. The fourth-order valence-electron chi connectivity index (χ4n) is 1.40. The van der Waals surface area contributed by atoms with E-state index in [-0.39, 0.29) is 11.9 Å². The van der Waals surface area contributed by atoms with Crippen LogP contribution in [0.4, 0.5) is 19.0 Å². The van der Waals surface area contributed by atoms with Crippen molar-refractivity contribution in [3.63, 3.8) is 0 Å². The molecular weight excluding hydrogens is 243 g/mol. The van der Waals surface area contributed by atoms with E-state index >= 15 is 0 Å². The summed E-state index contributed by atoms with van der Waals surface area (Å²) < 4.78 is 37.2. The van der Waals surface area contributed by atoms with Gasteiger partial charge >= 0.3 is 6.18 Å². The van der Waals surface area contributed by atoms with Crippen molar-refractivity contribution in [2.75, 3.05) is 5.32 Å². The summed E-state index contributed by atoms with van der Waals surface area (Å²) in [6.45, 7) is 0. The number of alkyl halides is 3. The minimum Gasteiger partial charge on any atom is -0.367 e. The molecule has 1 aliphatic carbocycles. The maximum Gasteiger partial charge on any atom is 0.433 e. The van der Waals surface area contributed by atoms with Crippen molar-refractivity contribution in [3.05, 3.63) is 17.0 Å². The van der Waals surface area contributed by atoms with Crippen LogP contribution in [0, 0.1) is 0 Å². The van der Waals surface area contributed by atoms with Gasteiger partial charge in [0.1, 0.15) is 5.82 Å². The predicted octanol–water partition coefficient (Wildman–Crippen LogP) is 3.11. The largest absolute Gasteiger partial charge is 0.433 e. The summed E-state index contributed by atoms with van der Waals surface area (Å²) >= 11 is 5.44. The minimum absolute atomic E-state index is 0.136. The molecule has 1 fully saturated rings. The molecule has 0 aromatic carbocycles. The summed E-state index contributed by atoms with van der Waals surface area (Å²) in [5.74, 6) is 0.136. The average Bonchev–Trinajstić information content (AvgIpc) is 2.09. The molecule has 0 aliphatic heterocycles. The van der Waals surface area contributed by atoms with E-state index in [0.29, 0.717) is 0 Å². The Bertz CT molecular complexity index is 390. The Morgan fingerprint density at radius 2 is 2.00 bits per heavy atom. The summed E-state index contributed by atoms with van der Waals surface area (Å²) in [5.41, 5.74) is -1.02. The zero-order chi connectivity index (χ0) is 11.8. The van der Waals surface area contributed by atoms with Gasteiger partial charge in [-0.1, -0.05) is 0 Å². The van der Waals surface area contributed by atoms with Gasteiger partial charge in [0.15, 0.2) is 5.69 Å². The number of nitrogens with one attached hydrogen (secondary N) is 1. The number of nitrogens with zero attached hydrogens (tertiary/aromatic N) is 2. The van der Waals surface area contributed by atoms with Crippen LogP contribution < -0.4 is 5.32 Å². The van der Waals surface area contributed by atoms with Crippen LogP contribution in [0.3, 0.4) is 0 Å². The van der Waals surface area contributed by atoms with Crippen molar-refractivity contribution >= 4 is 17.4 Å². The average molecular weight is 252 g/mol. The van der Waals surface area contributed by atoms with Crippen LogP contribution >= 0.6 is 11.6 Å². The lowest BCUT2D eigenvalue weighted by Gasteiger charge is -2.27. The maximum absolute atomic E-state index is 12.4. The Kier molecular flexibility index (Phi) is 2.92. The Labute approximate surface area is 95.0 Å². The van der Waals surface area contributed by atoms with E-state index < -0.39 is 17.2 Å². The monoisotopic (exact) mass is 251 g/mol. The van der Waals surface area contributed by atoms with E-state index in [2.05, 4.69) is 15.3 Å². The fourth-order valence-corrected chi connectivity index (χ4v) is 1.58. The van der Waals surface area contributed by atoms with Gasteiger partial charge in [0.2, 0.25) is 5.28 Å². The van der Waals surface area contributed by atoms with Gasteiger partial charge in [0.25, 0.3) is 0 Å². The minimum atomic E-state index is -4.50. The summed E-state index contributed by atoms with van der Waals surface area (Å²) in [7, 11) is 0. The van der Waals surface area contributed by atoms with Gasteiger partial charge in [-0.05, 0) is 30.9 Å². The fraction of sp³-hybridized carbons (Fsp3) is 0.556. The van der Waals surface area contributed by atoms with Crippen molar-refractivity contribution in [1.82, 2.24) is 9.97 Å². The first-order valence-electron chi connectivity index (χ1n) is 4.83. The standard InChI is InChI=1S/C9H9ClF3N3/c10-8-15-6(9(11,12)13)4-7(16-8)14-5-2-1-3-5/h4-5H,1-3H2,(H,14,15,16). The van der Waals surface area contributed by atoms with E-state index in [1.54, 1.807) is 0 Å². The molecule has 1 aliphatic rings. The molecule has 1 N–H and O–H groups in total. The van der Waals surface area contributed by atoms with Crippen LogP contribution in [0.25, 0.3) is 0 Å². The molecule has 1 saturated carbocycles. The number of hydrogen-bond acceptors (Lipinski definition) is 3. The molecule has 0 atom stereocenters. The molecule has 1 aromatic heterocycles. The van der Waals surface area contributed by atoms with Gasteiger partial charge in [0.05, 0.1) is 0 Å². The first-order chi connectivity index (χ1) is 7.45. The van der Waals surface area contributed by atoms with Crippen LogP contribution in [0.2, 0.25) is 5.28 Å². The topological polar surface area (TPSA) is 37.8 Å². The Morgan fingerprint density at radius 3 is 2.50 bits per heavy atom. The second-order valence-electron chi connectivity index (χ2n) is 3.68. The normalized spacial score (nSPS) is 17.0. The van der Waals surface area contributed by atoms with Gasteiger partial charge in [-0.25, -0.2) is 9.97 Å². The summed E-state index contributed by atoms with van der Waals surface area (Å²) in [6.07, 6.45) is -1.52. The lowest BCUT2D eigenvalue weighted by molar-refractivity contribution is -0.141. The highest BCUT2D eigenvalue weighted by Gasteiger charge is 2.33. The highest BCUT2D eigenvalue weighted by molar-refractivity contribution is 6.28. The summed E-state index contributed by atoms with van der Waals surface area (Å²) in [5, 5.41) is 2.50. The molecule has 2 rings (SSSR count). The third-order valence-electron chi connectivity index (χ3n) is 2.45. The lowest BCUT2D eigenvalue weighted by Crippen LogP contribution is -2.27. The zero-order valence-corrected chi connectivity index (χ0v) is 8.94. The Balaban J connectivity index is 2.21. The van der Waals surface area contributed by atoms with Crippen molar-refractivity contribution < 1.29 is 13.2 Å². The number of hydrogen-bond donors (Lipinski definition) is 1. The molecule has 0 saturated heterocycles. The molecule has 3 nitrogen and oxygen atoms in total. The van der Waals surface area contributed by atoms with Gasteiger partial charge < -0.3 is 5.32 Å². The SMILES string of the molecule is FC(F)(F)c1cc(NC2CCC2)nc(Cl)n1. The van der Waals surface area contributed by atoms with E-state index in [1.807, 2.05) is 0 Å². The highest BCUT2D eigenvalue weighted by atomic mass is 35.5. The Hall–Kier alpha value is -1.04. The smallest absolute Gasteiger partial charge is 0.367 e. The molecule has 16 heavy (non-hydrogen) atoms. The van der Waals surface area contributed by atoms with E-state index in [0.717, 1.165) is 25.3 Å².